The van der Waals surface area contributed by atoms with Crippen LogP contribution in [0.15, 0.2) is 30.3 Å². The highest BCUT2D eigenvalue weighted by Gasteiger charge is 2.10. The maximum Gasteiger partial charge on any atom is 0.170 e. The van der Waals surface area contributed by atoms with E-state index in [1.165, 1.54) is 0 Å². The van der Waals surface area contributed by atoms with Gasteiger partial charge in [0.1, 0.15) is 0 Å². The van der Waals surface area contributed by atoms with E-state index in [1.54, 1.807) is 0 Å². The Labute approximate surface area is 110 Å². The first kappa shape index (κ1) is 14.5. The molecule has 0 unspecified atom stereocenters. The zero-order chi connectivity index (χ0) is 13.7. The molecule has 2 aromatic rings. The number of fused-ring (bicyclic) bond motifs is 1. The number of nitrogens with zero attached hydrogens (tertiary/aromatic N) is 2. The summed E-state index contributed by atoms with van der Waals surface area (Å²) in [5.41, 5.74) is 1.73. The quantitative estimate of drug-likeness (QED) is 0.595. The van der Waals surface area contributed by atoms with Crippen molar-refractivity contribution in [3.8, 4) is 0 Å². The molecule has 0 fully saturated rings. The summed E-state index contributed by atoms with van der Waals surface area (Å²) in [4.78, 5) is 13.5. The number of aryl methyl sites for hydroxylation is 1. The summed E-state index contributed by atoms with van der Waals surface area (Å²) in [6, 6.07) is 9.77. The van der Waals surface area contributed by atoms with Crippen molar-refractivity contribution in [3.05, 3.63) is 36.0 Å². The van der Waals surface area contributed by atoms with Crippen molar-refractivity contribution in [2.75, 3.05) is 21.1 Å². The lowest BCUT2D eigenvalue weighted by atomic mass is 9.99. The third kappa shape index (κ3) is 3.47. The van der Waals surface area contributed by atoms with E-state index in [1.807, 2.05) is 68.0 Å². The normalized spacial score (nSPS) is 10.3. The molecule has 0 saturated heterocycles. The van der Waals surface area contributed by atoms with Gasteiger partial charge in [-0.1, -0.05) is 18.2 Å². The van der Waals surface area contributed by atoms with E-state index in [-0.39, 0.29) is 12.1 Å². The second kappa shape index (κ2) is 6.40. The van der Waals surface area contributed by atoms with Crippen molar-refractivity contribution < 1.29 is 4.79 Å². The van der Waals surface area contributed by atoms with Gasteiger partial charge in [-0.3, -0.25) is 4.79 Å². The molecule has 0 aliphatic rings. The van der Waals surface area contributed by atoms with Crippen LogP contribution < -0.4 is 0 Å². The van der Waals surface area contributed by atoms with Crippen LogP contribution in [0.5, 0.6) is 0 Å². The molecule has 94 valence electrons. The van der Waals surface area contributed by atoms with Crippen molar-refractivity contribution in [3.63, 3.8) is 0 Å². The number of benzene rings is 1. The van der Waals surface area contributed by atoms with E-state index >= 15 is 0 Å². The Bertz CT molecular complexity index is 529. The molecule has 1 aromatic heterocycles. The van der Waals surface area contributed by atoms with E-state index in [2.05, 4.69) is 0 Å². The van der Waals surface area contributed by atoms with Crippen molar-refractivity contribution >= 4 is 24.5 Å². The SMILES string of the molecule is CN(C)C.[B]CC(=O)c1cc2ccccc2n1C. The molecule has 0 saturated carbocycles. The Morgan fingerprint density at radius 2 is 1.83 bits per heavy atom. The van der Waals surface area contributed by atoms with E-state index in [4.69, 9.17) is 7.85 Å². The molecule has 2 radical (unpaired) electrons. The van der Waals surface area contributed by atoms with Crippen molar-refractivity contribution in [1.29, 1.82) is 0 Å². The van der Waals surface area contributed by atoms with Crippen LogP contribution in [0.2, 0.25) is 6.32 Å². The zero-order valence-electron chi connectivity index (χ0n) is 11.5. The summed E-state index contributed by atoms with van der Waals surface area (Å²) in [5, 5.41) is 1.08. The molecular formula is C14H19BN2O. The summed E-state index contributed by atoms with van der Waals surface area (Å²) in [6.07, 6.45) is 0.0597. The summed E-state index contributed by atoms with van der Waals surface area (Å²) in [5.74, 6) is -0.0244. The maximum absolute atomic E-state index is 11.5. The molecule has 0 spiro atoms. The first-order valence-corrected chi connectivity index (χ1v) is 5.86. The number of carbonyl (C=O) groups excluding carboxylic acids is 1. The van der Waals surface area contributed by atoms with E-state index in [0.717, 1.165) is 10.9 Å². The molecule has 0 bridgehead atoms. The number of ketones is 1. The van der Waals surface area contributed by atoms with E-state index < -0.39 is 0 Å². The average Bonchev–Trinajstić information content (AvgIpc) is 2.66. The fourth-order valence-corrected chi connectivity index (χ4v) is 1.66. The highest BCUT2D eigenvalue weighted by Crippen LogP contribution is 2.18. The zero-order valence-corrected chi connectivity index (χ0v) is 11.5. The minimum absolute atomic E-state index is 0.0244. The predicted molar refractivity (Wildman–Crippen MR) is 77.4 cm³/mol. The van der Waals surface area contributed by atoms with Crippen molar-refractivity contribution in [2.24, 2.45) is 7.05 Å². The Kier molecular flexibility index (Phi) is 5.16. The van der Waals surface area contributed by atoms with Gasteiger partial charge in [-0.05, 0) is 39.6 Å². The monoisotopic (exact) mass is 242 g/mol. The lowest BCUT2D eigenvalue weighted by molar-refractivity contribution is 0.101. The number of hydrogen-bond donors (Lipinski definition) is 0. The summed E-state index contributed by atoms with van der Waals surface area (Å²) >= 11 is 0. The minimum atomic E-state index is -0.0244. The van der Waals surface area contributed by atoms with Crippen molar-refractivity contribution in [1.82, 2.24) is 9.47 Å². The van der Waals surface area contributed by atoms with Crippen LogP contribution in [0.1, 0.15) is 10.5 Å². The standard InChI is InChI=1S/C11H10BNO.C3H9N/c1-13-9-5-3-2-4-8(9)6-10(13)11(14)7-12;1-4(2)3/h2-6H,7H2,1H3;1-3H3. The van der Waals surface area contributed by atoms with Crippen LogP contribution in [-0.2, 0) is 7.05 Å². The van der Waals surface area contributed by atoms with Crippen LogP contribution in [0.25, 0.3) is 10.9 Å². The Balaban J connectivity index is 0.000000357. The van der Waals surface area contributed by atoms with Gasteiger partial charge in [-0.15, -0.1) is 0 Å². The van der Waals surface area contributed by atoms with Crippen LogP contribution in [-0.4, -0.2) is 44.2 Å². The van der Waals surface area contributed by atoms with Gasteiger partial charge in [-0.2, -0.15) is 0 Å². The lowest BCUT2D eigenvalue weighted by Gasteiger charge is -2.00. The number of aromatic nitrogens is 1. The second-order valence-electron chi connectivity index (χ2n) is 4.62. The van der Waals surface area contributed by atoms with Crippen molar-refractivity contribution in [2.45, 2.75) is 6.32 Å². The summed E-state index contributed by atoms with van der Waals surface area (Å²) in [7, 11) is 13.2. The largest absolute Gasteiger partial charge is 0.341 e. The number of para-hydroxylation sites is 1. The van der Waals surface area contributed by atoms with Crippen LogP contribution >= 0.6 is 0 Å². The molecule has 1 heterocycles. The number of hydrogen-bond acceptors (Lipinski definition) is 2. The molecule has 1 aromatic carbocycles. The highest BCUT2D eigenvalue weighted by molar-refractivity contribution is 6.24. The fourth-order valence-electron chi connectivity index (χ4n) is 1.66. The first-order chi connectivity index (χ1) is 8.47. The fraction of sp³-hybridized carbons (Fsp3) is 0.357. The third-order valence-electron chi connectivity index (χ3n) is 2.42. The average molecular weight is 242 g/mol. The van der Waals surface area contributed by atoms with Gasteiger partial charge in [0.05, 0.1) is 13.5 Å². The number of Topliss-reactive ketones (excluding diaryl/α,β-unsaturated/α-hetero) is 1. The van der Waals surface area contributed by atoms with Gasteiger partial charge in [0.2, 0.25) is 0 Å². The van der Waals surface area contributed by atoms with E-state index in [0.29, 0.717) is 5.69 Å². The molecular weight excluding hydrogens is 223 g/mol. The minimum Gasteiger partial charge on any atom is -0.341 e. The molecule has 2 rings (SSSR count). The maximum atomic E-state index is 11.5. The van der Waals surface area contributed by atoms with Crippen LogP contribution in [0.4, 0.5) is 0 Å². The summed E-state index contributed by atoms with van der Waals surface area (Å²) < 4.78 is 1.88. The molecule has 18 heavy (non-hydrogen) atoms. The van der Waals surface area contributed by atoms with Crippen LogP contribution in [0, 0.1) is 0 Å². The molecule has 3 nitrogen and oxygen atoms in total. The molecule has 0 atom stereocenters. The van der Waals surface area contributed by atoms with Gasteiger partial charge in [0.15, 0.2) is 5.78 Å². The Morgan fingerprint density at radius 3 is 2.33 bits per heavy atom. The van der Waals surface area contributed by atoms with E-state index in [9.17, 15) is 4.79 Å². The van der Waals surface area contributed by atoms with Crippen LogP contribution in [0.3, 0.4) is 0 Å². The predicted octanol–water partition coefficient (Wildman–Crippen LogP) is 2.13. The van der Waals surface area contributed by atoms with Gasteiger partial charge < -0.3 is 9.47 Å². The van der Waals surface area contributed by atoms with Gasteiger partial charge >= 0.3 is 0 Å². The molecule has 4 heteroatoms. The Hall–Kier alpha value is -1.55. The second-order valence-corrected chi connectivity index (χ2v) is 4.62. The highest BCUT2D eigenvalue weighted by atomic mass is 16.1. The van der Waals surface area contributed by atoms with Gasteiger partial charge in [0.25, 0.3) is 0 Å². The lowest BCUT2D eigenvalue weighted by Crippen LogP contribution is -2.04. The molecule has 0 amide bonds. The van der Waals surface area contributed by atoms with Gasteiger partial charge in [-0.25, -0.2) is 0 Å². The number of rotatable bonds is 2. The molecule has 0 N–H and O–H groups in total. The molecule has 0 aliphatic heterocycles. The third-order valence-corrected chi connectivity index (χ3v) is 2.42. The molecule has 0 aliphatic carbocycles. The smallest absolute Gasteiger partial charge is 0.170 e. The first-order valence-electron chi connectivity index (χ1n) is 5.86. The Morgan fingerprint density at radius 1 is 1.28 bits per heavy atom. The summed E-state index contributed by atoms with van der Waals surface area (Å²) in [6.45, 7) is 0. The number of carbonyl (C=O) groups is 1. The topological polar surface area (TPSA) is 25.2 Å². The van der Waals surface area contributed by atoms with Gasteiger partial charge in [0, 0.05) is 18.0 Å².